The molecule has 1 aromatic heterocycles. The van der Waals surface area contributed by atoms with Crippen LogP contribution in [0.3, 0.4) is 0 Å². The Hall–Kier alpha value is -1.99. The second kappa shape index (κ2) is 6.19. The fourth-order valence-electron chi connectivity index (χ4n) is 1.79. The van der Waals surface area contributed by atoms with Crippen molar-refractivity contribution >= 4 is 15.7 Å². The number of sulfonamides is 1. The third-order valence-electron chi connectivity index (χ3n) is 2.86. The van der Waals surface area contributed by atoms with Crippen molar-refractivity contribution in [2.45, 2.75) is 18.4 Å². The Morgan fingerprint density at radius 2 is 2.00 bits per heavy atom. The summed E-state index contributed by atoms with van der Waals surface area (Å²) in [6.07, 6.45) is 1.44. The topological polar surface area (TPSA) is 71.1 Å². The van der Waals surface area contributed by atoms with Crippen molar-refractivity contribution in [3.8, 4) is 0 Å². The lowest BCUT2D eigenvalue weighted by Gasteiger charge is -2.10. The average Bonchev–Trinajstić information content (AvgIpc) is 2.43. The maximum absolute atomic E-state index is 13.6. The Morgan fingerprint density at radius 3 is 2.62 bits per heavy atom. The van der Waals surface area contributed by atoms with E-state index in [1.54, 1.807) is 19.2 Å². The number of aryl methyl sites for hydroxylation is 1. The summed E-state index contributed by atoms with van der Waals surface area (Å²) in [5.74, 6) is -0.444. The first kappa shape index (κ1) is 15.4. The molecule has 0 aliphatic carbocycles. The summed E-state index contributed by atoms with van der Waals surface area (Å²) in [5, 5.41) is 2.79. The van der Waals surface area contributed by atoms with Gasteiger partial charge in [0.2, 0.25) is 0 Å². The van der Waals surface area contributed by atoms with Crippen LogP contribution in [0.25, 0.3) is 0 Å². The van der Waals surface area contributed by atoms with Crippen LogP contribution in [-0.2, 0) is 16.6 Å². The SMILES string of the molecule is CNCc1cc(S(=O)(=O)Nc2ccc(C)nc2)ccc1F. The molecule has 1 aromatic carbocycles. The van der Waals surface area contributed by atoms with Crippen molar-refractivity contribution in [3.63, 3.8) is 0 Å². The first-order valence-electron chi connectivity index (χ1n) is 6.31. The lowest BCUT2D eigenvalue weighted by atomic mass is 10.2. The van der Waals surface area contributed by atoms with Gasteiger partial charge >= 0.3 is 0 Å². The highest BCUT2D eigenvalue weighted by atomic mass is 32.2. The highest BCUT2D eigenvalue weighted by Gasteiger charge is 2.16. The molecule has 2 N–H and O–H groups in total. The minimum Gasteiger partial charge on any atom is -0.316 e. The van der Waals surface area contributed by atoms with Gasteiger partial charge in [0, 0.05) is 17.8 Å². The van der Waals surface area contributed by atoms with Gasteiger partial charge in [0.25, 0.3) is 10.0 Å². The molecule has 0 radical (unpaired) electrons. The molecular weight excluding hydrogens is 293 g/mol. The minimum atomic E-state index is -3.77. The van der Waals surface area contributed by atoms with Crippen LogP contribution in [-0.4, -0.2) is 20.4 Å². The molecule has 0 amide bonds. The third kappa shape index (κ3) is 3.77. The van der Waals surface area contributed by atoms with Gasteiger partial charge < -0.3 is 5.32 Å². The molecule has 0 atom stereocenters. The van der Waals surface area contributed by atoms with Gasteiger partial charge in [-0.1, -0.05) is 0 Å². The largest absolute Gasteiger partial charge is 0.316 e. The van der Waals surface area contributed by atoms with Gasteiger partial charge in [-0.15, -0.1) is 0 Å². The second-order valence-corrected chi connectivity index (χ2v) is 6.26. The highest BCUT2D eigenvalue weighted by molar-refractivity contribution is 7.92. The standard InChI is InChI=1S/C14H16FN3O2S/c1-10-3-4-12(9-17-10)18-21(19,20)13-5-6-14(15)11(7-13)8-16-2/h3-7,9,16,18H,8H2,1-2H3. The van der Waals surface area contributed by atoms with Crippen molar-refractivity contribution in [3.05, 3.63) is 53.6 Å². The lowest BCUT2D eigenvalue weighted by Crippen LogP contribution is -2.15. The van der Waals surface area contributed by atoms with Gasteiger partial charge in [-0.05, 0) is 44.3 Å². The zero-order valence-corrected chi connectivity index (χ0v) is 12.5. The molecular formula is C14H16FN3O2S. The van der Waals surface area contributed by atoms with Crippen molar-refractivity contribution in [2.24, 2.45) is 0 Å². The molecule has 1 heterocycles. The van der Waals surface area contributed by atoms with E-state index < -0.39 is 15.8 Å². The van der Waals surface area contributed by atoms with Crippen LogP contribution < -0.4 is 10.0 Å². The monoisotopic (exact) mass is 309 g/mol. The van der Waals surface area contributed by atoms with Crippen LogP contribution in [0.1, 0.15) is 11.3 Å². The summed E-state index contributed by atoms with van der Waals surface area (Å²) in [7, 11) is -2.10. The van der Waals surface area contributed by atoms with Crippen LogP contribution in [0.2, 0.25) is 0 Å². The van der Waals surface area contributed by atoms with Crippen LogP contribution >= 0.6 is 0 Å². The van der Waals surface area contributed by atoms with Crippen LogP contribution in [0.15, 0.2) is 41.4 Å². The average molecular weight is 309 g/mol. The first-order valence-corrected chi connectivity index (χ1v) is 7.79. The van der Waals surface area contributed by atoms with E-state index in [0.717, 1.165) is 11.8 Å². The maximum Gasteiger partial charge on any atom is 0.261 e. The van der Waals surface area contributed by atoms with Crippen molar-refractivity contribution in [2.75, 3.05) is 11.8 Å². The molecule has 2 aromatic rings. The fourth-order valence-corrected chi connectivity index (χ4v) is 2.88. The number of benzene rings is 1. The third-order valence-corrected chi connectivity index (χ3v) is 4.24. The van der Waals surface area contributed by atoms with Gasteiger partial charge in [-0.2, -0.15) is 0 Å². The van der Waals surface area contributed by atoms with E-state index in [-0.39, 0.29) is 11.4 Å². The predicted octanol–water partition coefficient (Wildman–Crippen LogP) is 2.05. The van der Waals surface area contributed by atoms with E-state index >= 15 is 0 Å². The molecule has 0 aliphatic rings. The molecule has 5 nitrogen and oxygen atoms in total. The number of hydrogen-bond donors (Lipinski definition) is 2. The van der Waals surface area contributed by atoms with Crippen molar-refractivity contribution in [1.29, 1.82) is 0 Å². The molecule has 0 bridgehead atoms. The fraction of sp³-hybridized carbons (Fsp3) is 0.214. The summed E-state index contributed by atoms with van der Waals surface area (Å²) < 4.78 is 40.5. The van der Waals surface area contributed by atoms with Crippen LogP contribution in [0.4, 0.5) is 10.1 Å². The van der Waals surface area contributed by atoms with Crippen LogP contribution in [0, 0.1) is 12.7 Å². The lowest BCUT2D eigenvalue weighted by molar-refractivity contribution is 0.591. The van der Waals surface area contributed by atoms with Gasteiger partial charge in [0.1, 0.15) is 5.82 Å². The zero-order chi connectivity index (χ0) is 15.5. The molecule has 0 unspecified atom stereocenters. The number of nitrogens with one attached hydrogen (secondary N) is 2. The summed E-state index contributed by atoms with van der Waals surface area (Å²) in [4.78, 5) is 4.03. The van der Waals surface area contributed by atoms with Crippen LogP contribution in [0.5, 0.6) is 0 Å². The normalized spacial score (nSPS) is 11.4. The Bertz CT molecular complexity index is 730. The molecule has 0 fully saturated rings. The zero-order valence-electron chi connectivity index (χ0n) is 11.7. The molecule has 21 heavy (non-hydrogen) atoms. The molecule has 0 spiro atoms. The van der Waals surface area contributed by atoms with Gasteiger partial charge in [0.15, 0.2) is 0 Å². The summed E-state index contributed by atoms with van der Waals surface area (Å²) in [6, 6.07) is 7.02. The summed E-state index contributed by atoms with van der Waals surface area (Å²) in [6.45, 7) is 2.06. The smallest absolute Gasteiger partial charge is 0.261 e. The summed E-state index contributed by atoms with van der Waals surface area (Å²) in [5.41, 5.74) is 1.44. The molecule has 0 saturated heterocycles. The molecule has 112 valence electrons. The Morgan fingerprint density at radius 1 is 1.24 bits per heavy atom. The predicted molar refractivity (Wildman–Crippen MR) is 78.9 cm³/mol. The Labute approximate surface area is 123 Å². The van der Waals surface area contributed by atoms with E-state index in [1.807, 2.05) is 6.92 Å². The van der Waals surface area contributed by atoms with Crippen molar-refractivity contribution < 1.29 is 12.8 Å². The van der Waals surface area contributed by atoms with Crippen molar-refractivity contribution in [1.82, 2.24) is 10.3 Å². The van der Waals surface area contributed by atoms with E-state index in [4.69, 9.17) is 0 Å². The number of nitrogens with zero attached hydrogens (tertiary/aromatic N) is 1. The minimum absolute atomic E-state index is 0.00900. The molecule has 7 heteroatoms. The number of halogens is 1. The van der Waals surface area contributed by atoms with E-state index in [2.05, 4.69) is 15.0 Å². The number of rotatable bonds is 5. The quantitative estimate of drug-likeness (QED) is 0.887. The highest BCUT2D eigenvalue weighted by Crippen LogP contribution is 2.18. The molecule has 2 rings (SSSR count). The van der Waals surface area contributed by atoms with Gasteiger partial charge in [0.05, 0.1) is 16.8 Å². The Balaban J connectivity index is 2.31. The molecule has 0 aliphatic heterocycles. The summed E-state index contributed by atoms with van der Waals surface area (Å²) >= 11 is 0. The number of hydrogen-bond acceptors (Lipinski definition) is 4. The number of aromatic nitrogens is 1. The van der Waals surface area contributed by atoms with E-state index in [9.17, 15) is 12.8 Å². The van der Waals surface area contributed by atoms with Gasteiger partial charge in [-0.25, -0.2) is 12.8 Å². The maximum atomic E-state index is 13.6. The number of anilines is 1. The van der Waals surface area contributed by atoms with E-state index in [0.29, 0.717) is 11.3 Å². The first-order chi connectivity index (χ1) is 9.92. The number of pyridine rings is 1. The Kier molecular flexibility index (Phi) is 4.54. The second-order valence-electron chi connectivity index (χ2n) is 4.58. The van der Waals surface area contributed by atoms with Gasteiger partial charge in [-0.3, -0.25) is 9.71 Å². The van der Waals surface area contributed by atoms with E-state index in [1.165, 1.54) is 18.3 Å². The molecule has 0 saturated carbocycles.